The number of rotatable bonds is 3. The highest BCUT2D eigenvalue weighted by Crippen LogP contribution is 2.28. The molecule has 0 aromatic heterocycles. The summed E-state index contributed by atoms with van der Waals surface area (Å²) in [6.45, 7) is 1.65. The van der Waals surface area contributed by atoms with Gasteiger partial charge in [-0.15, -0.1) is 12.4 Å². The fraction of sp³-hybridized carbons (Fsp3) is 0.500. The van der Waals surface area contributed by atoms with Gasteiger partial charge >= 0.3 is 0 Å². The molecule has 1 aromatic carbocycles. The van der Waals surface area contributed by atoms with E-state index in [2.05, 4.69) is 5.32 Å². The summed E-state index contributed by atoms with van der Waals surface area (Å²) in [5.74, 6) is -0.272. The number of anilines is 1. The van der Waals surface area contributed by atoms with Gasteiger partial charge in [0.1, 0.15) is 0 Å². The first-order valence-corrected chi connectivity index (χ1v) is 8.51. The zero-order valence-electron chi connectivity index (χ0n) is 12.5. The normalized spacial score (nSPS) is 17.4. The van der Waals surface area contributed by atoms with Crippen molar-refractivity contribution in [1.29, 1.82) is 0 Å². The van der Waals surface area contributed by atoms with Crippen LogP contribution in [0.2, 0.25) is 0 Å². The number of carbonyl (C=O) groups is 1. The second-order valence-electron chi connectivity index (χ2n) is 5.70. The van der Waals surface area contributed by atoms with E-state index in [1.54, 1.807) is 19.1 Å². The lowest BCUT2D eigenvalue weighted by Crippen LogP contribution is -2.52. The summed E-state index contributed by atoms with van der Waals surface area (Å²) < 4.78 is 23.0. The maximum atomic E-state index is 12.3. The van der Waals surface area contributed by atoms with E-state index >= 15 is 0 Å². The monoisotopic (exact) mass is 347 g/mol. The van der Waals surface area contributed by atoms with Crippen molar-refractivity contribution in [2.24, 2.45) is 10.9 Å². The van der Waals surface area contributed by atoms with Crippen molar-refractivity contribution in [3.63, 3.8) is 0 Å². The van der Waals surface area contributed by atoms with E-state index in [4.69, 9.17) is 10.9 Å². The Balaban J connectivity index is 0.00000242. The van der Waals surface area contributed by atoms with Crippen molar-refractivity contribution in [3.8, 4) is 0 Å². The Bertz CT molecular complexity index is 655. The number of benzene rings is 1. The summed E-state index contributed by atoms with van der Waals surface area (Å²) in [5.41, 5.74) is 6.21. The van der Waals surface area contributed by atoms with Gasteiger partial charge in [-0.25, -0.2) is 13.6 Å². The van der Waals surface area contributed by atoms with Gasteiger partial charge in [-0.2, -0.15) is 0 Å². The first-order chi connectivity index (χ1) is 9.72. The third kappa shape index (κ3) is 4.19. The molecule has 8 heteroatoms. The lowest BCUT2D eigenvalue weighted by molar-refractivity contribution is -0.122. The standard InChI is InChI=1S/C14H21N3O3S.ClH/c1-10-5-6-11(9-12(10)21(16,19)20)17-13(18)14(15)7-3-2-4-8-14;/h5-6,9H,2-4,7-8,15H2,1H3,(H,17,18)(H2,16,19,20);1H. The molecule has 2 rings (SSSR count). The number of sulfonamides is 1. The molecule has 0 aliphatic heterocycles. The van der Waals surface area contributed by atoms with E-state index in [0.29, 0.717) is 24.1 Å². The molecule has 0 saturated heterocycles. The molecule has 1 fully saturated rings. The molecule has 0 radical (unpaired) electrons. The van der Waals surface area contributed by atoms with Crippen molar-refractivity contribution < 1.29 is 13.2 Å². The minimum atomic E-state index is -3.81. The number of amides is 1. The minimum Gasteiger partial charge on any atom is -0.324 e. The van der Waals surface area contributed by atoms with Crippen molar-refractivity contribution >= 4 is 34.0 Å². The molecular weight excluding hydrogens is 326 g/mol. The van der Waals surface area contributed by atoms with Crippen molar-refractivity contribution in [2.75, 3.05) is 5.32 Å². The number of nitrogens with two attached hydrogens (primary N) is 2. The largest absolute Gasteiger partial charge is 0.324 e. The Labute approximate surface area is 137 Å². The van der Waals surface area contributed by atoms with Crippen LogP contribution in [0.4, 0.5) is 5.69 Å². The van der Waals surface area contributed by atoms with Crippen LogP contribution in [0.5, 0.6) is 0 Å². The zero-order chi connectivity index (χ0) is 15.7. The topological polar surface area (TPSA) is 115 Å². The lowest BCUT2D eigenvalue weighted by Gasteiger charge is -2.31. The molecule has 1 amide bonds. The van der Waals surface area contributed by atoms with Crippen molar-refractivity contribution in [3.05, 3.63) is 23.8 Å². The molecule has 1 aromatic rings. The SMILES string of the molecule is Cc1ccc(NC(=O)C2(N)CCCCC2)cc1S(N)(=O)=O.Cl. The predicted molar refractivity (Wildman–Crippen MR) is 88.4 cm³/mol. The summed E-state index contributed by atoms with van der Waals surface area (Å²) in [5, 5.41) is 7.87. The summed E-state index contributed by atoms with van der Waals surface area (Å²) in [7, 11) is -3.81. The quantitative estimate of drug-likeness (QED) is 0.771. The molecule has 0 bridgehead atoms. The predicted octanol–water partition coefficient (Wildman–Crippen LogP) is 1.66. The summed E-state index contributed by atoms with van der Waals surface area (Å²) in [6, 6.07) is 4.63. The van der Waals surface area contributed by atoms with Gasteiger partial charge in [0.05, 0.1) is 10.4 Å². The summed E-state index contributed by atoms with van der Waals surface area (Å²) in [4.78, 5) is 12.3. The van der Waals surface area contributed by atoms with E-state index < -0.39 is 15.6 Å². The van der Waals surface area contributed by atoms with Crippen LogP contribution in [0.15, 0.2) is 23.1 Å². The van der Waals surface area contributed by atoms with E-state index in [1.165, 1.54) is 6.07 Å². The molecule has 0 unspecified atom stereocenters. The average Bonchev–Trinajstić information content (AvgIpc) is 2.40. The Hall–Kier alpha value is -1.15. The highest BCUT2D eigenvalue weighted by atomic mass is 35.5. The molecule has 6 nitrogen and oxygen atoms in total. The van der Waals surface area contributed by atoms with Crippen LogP contribution in [0.25, 0.3) is 0 Å². The summed E-state index contributed by atoms with van der Waals surface area (Å²) in [6.07, 6.45) is 4.24. The molecule has 124 valence electrons. The van der Waals surface area contributed by atoms with E-state index in [9.17, 15) is 13.2 Å². The van der Waals surface area contributed by atoms with E-state index in [0.717, 1.165) is 19.3 Å². The lowest BCUT2D eigenvalue weighted by atomic mass is 9.82. The van der Waals surface area contributed by atoms with Crippen LogP contribution in [-0.4, -0.2) is 19.9 Å². The Morgan fingerprint density at radius 3 is 2.36 bits per heavy atom. The number of nitrogens with one attached hydrogen (secondary N) is 1. The van der Waals surface area contributed by atoms with Crippen molar-refractivity contribution in [1.82, 2.24) is 0 Å². The van der Waals surface area contributed by atoms with Gasteiger partial charge in [0.15, 0.2) is 0 Å². The first-order valence-electron chi connectivity index (χ1n) is 6.96. The van der Waals surface area contributed by atoms with E-state index in [-0.39, 0.29) is 23.2 Å². The molecule has 1 aliphatic carbocycles. The van der Waals surface area contributed by atoms with Gasteiger partial charge in [0.25, 0.3) is 0 Å². The van der Waals surface area contributed by atoms with Gasteiger partial charge in [-0.05, 0) is 37.5 Å². The van der Waals surface area contributed by atoms with Crippen LogP contribution in [0, 0.1) is 6.92 Å². The van der Waals surface area contributed by atoms with Gasteiger partial charge in [-0.1, -0.05) is 25.3 Å². The average molecular weight is 348 g/mol. The maximum Gasteiger partial charge on any atom is 0.244 e. The van der Waals surface area contributed by atoms with Crippen molar-refractivity contribution in [2.45, 2.75) is 49.5 Å². The van der Waals surface area contributed by atoms with Gasteiger partial charge in [0.2, 0.25) is 15.9 Å². The molecule has 0 heterocycles. The van der Waals surface area contributed by atoms with E-state index in [1.807, 2.05) is 0 Å². The smallest absolute Gasteiger partial charge is 0.244 e. The molecule has 0 atom stereocenters. The van der Waals surface area contributed by atoms with Gasteiger partial charge < -0.3 is 11.1 Å². The molecule has 0 spiro atoms. The Morgan fingerprint density at radius 2 is 1.82 bits per heavy atom. The summed E-state index contributed by atoms with van der Waals surface area (Å²) >= 11 is 0. The molecule has 22 heavy (non-hydrogen) atoms. The highest BCUT2D eigenvalue weighted by Gasteiger charge is 2.35. The number of hydrogen-bond acceptors (Lipinski definition) is 4. The van der Waals surface area contributed by atoms with Crippen LogP contribution in [0.3, 0.4) is 0 Å². The maximum absolute atomic E-state index is 12.3. The number of hydrogen-bond donors (Lipinski definition) is 3. The molecular formula is C14H22ClN3O3S. The number of primary sulfonamides is 1. The fourth-order valence-electron chi connectivity index (χ4n) is 2.65. The van der Waals surface area contributed by atoms with Gasteiger partial charge in [-0.3, -0.25) is 4.79 Å². The second kappa shape index (κ2) is 6.95. The van der Waals surface area contributed by atoms with Crippen LogP contribution in [-0.2, 0) is 14.8 Å². The van der Waals surface area contributed by atoms with Crippen LogP contribution < -0.4 is 16.2 Å². The fourth-order valence-corrected chi connectivity index (χ4v) is 3.46. The van der Waals surface area contributed by atoms with Crippen LogP contribution in [0.1, 0.15) is 37.7 Å². The van der Waals surface area contributed by atoms with Gasteiger partial charge in [0, 0.05) is 5.69 Å². The minimum absolute atomic E-state index is 0. The molecule has 1 saturated carbocycles. The second-order valence-corrected chi connectivity index (χ2v) is 7.23. The molecule has 5 N–H and O–H groups in total. The zero-order valence-corrected chi connectivity index (χ0v) is 14.1. The Morgan fingerprint density at radius 1 is 1.23 bits per heavy atom. The third-order valence-electron chi connectivity index (χ3n) is 3.95. The molecule has 1 aliphatic rings. The first kappa shape index (κ1) is 18.9. The number of halogens is 1. The van der Waals surface area contributed by atoms with Crippen LogP contribution >= 0.6 is 12.4 Å². The highest BCUT2D eigenvalue weighted by molar-refractivity contribution is 7.89. The number of carbonyl (C=O) groups excluding carboxylic acids is 1. The third-order valence-corrected chi connectivity index (χ3v) is 5.00. The Kier molecular flexibility index (Phi) is 5.97. The number of aryl methyl sites for hydroxylation is 1.